The minimum Gasteiger partial charge on any atom is -0.457 e. The van der Waals surface area contributed by atoms with E-state index in [0.29, 0.717) is 64.0 Å². The van der Waals surface area contributed by atoms with Gasteiger partial charge in [-0.1, -0.05) is 46.9 Å². The molecule has 0 N–H and O–H groups in total. The molecule has 1 aliphatic heterocycles. The van der Waals surface area contributed by atoms with E-state index in [1.165, 1.54) is 12.1 Å². The summed E-state index contributed by atoms with van der Waals surface area (Å²) in [5.74, 6) is 0.867. The number of furan rings is 1. The highest BCUT2D eigenvalue weighted by molar-refractivity contribution is 6.43. The van der Waals surface area contributed by atoms with Crippen molar-refractivity contribution in [2.45, 2.75) is 0 Å². The molecule has 1 amide bonds. The number of hydrogen-bond acceptors (Lipinski definition) is 5. The van der Waals surface area contributed by atoms with Gasteiger partial charge in [-0.25, -0.2) is 0 Å². The fourth-order valence-electron chi connectivity index (χ4n) is 3.65. The second-order valence-electron chi connectivity index (χ2n) is 7.31. The molecule has 0 spiro atoms. The molecule has 2 aromatic carbocycles. The van der Waals surface area contributed by atoms with E-state index in [9.17, 15) is 14.9 Å². The zero-order valence-corrected chi connectivity index (χ0v) is 19.5. The molecule has 1 fully saturated rings. The van der Waals surface area contributed by atoms with Crippen molar-refractivity contribution in [2.24, 2.45) is 0 Å². The van der Waals surface area contributed by atoms with E-state index in [4.69, 9.17) is 39.2 Å². The number of hydrogen-bond donors (Lipinski definition) is 0. The molecule has 1 saturated heterocycles. The normalized spacial score (nSPS) is 14.2. The Hall–Kier alpha value is -3.00. The quantitative estimate of drug-likeness (QED) is 0.235. The van der Waals surface area contributed by atoms with Crippen LogP contribution in [0, 0.1) is 10.1 Å². The lowest BCUT2D eigenvalue weighted by atomic mass is 10.2. The van der Waals surface area contributed by atoms with Gasteiger partial charge >= 0.3 is 0 Å². The van der Waals surface area contributed by atoms with Crippen molar-refractivity contribution in [1.29, 1.82) is 0 Å². The molecule has 1 aromatic heterocycles. The van der Waals surface area contributed by atoms with Gasteiger partial charge in [0.1, 0.15) is 17.2 Å². The number of nitro groups is 1. The maximum Gasteiger partial charge on any atom is 0.294 e. The van der Waals surface area contributed by atoms with E-state index >= 15 is 0 Å². The maximum atomic E-state index is 12.6. The summed E-state index contributed by atoms with van der Waals surface area (Å²) in [6.45, 7) is 1.69. The first-order valence-corrected chi connectivity index (χ1v) is 11.2. The number of piperazine rings is 1. The van der Waals surface area contributed by atoms with Crippen molar-refractivity contribution < 1.29 is 14.1 Å². The third kappa shape index (κ3) is 5.00. The van der Waals surface area contributed by atoms with Gasteiger partial charge in [0.15, 0.2) is 0 Å². The molecule has 1 aliphatic rings. The van der Waals surface area contributed by atoms with Gasteiger partial charge in [0, 0.05) is 43.9 Å². The molecule has 0 aliphatic carbocycles. The molecule has 7 nitrogen and oxygen atoms in total. The minimum absolute atomic E-state index is 0.0457. The standard InChI is InChI=1S/C23H18Cl3N3O4/c24-17-4-1-3-16(22(17)26)20-9-7-15(33-20)8-10-21(30)27-11-13-28(14-12-27)23-18(25)5-2-6-19(23)29(31)32/h1-10H,11-14H2. The third-order valence-electron chi connectivity index (χ3n) is 5.30. The molecule has 2 heterocycles. The topological polar surface area (TPSA) is 79.8 Å². The summed E-state index contributed by atoms with van der Waals surface area (Å²) in [5.41, 5.74) is 1.00. The molecule has 0 atom stereocenters. The Morgan fingerprint density at radius 1 is 0.970 bits per heavy atom. The Bertz CT molecular complexity index is 1230. The van der Waals surface area contributed by atoms with E-state index in [2.05, 4.69) is 0 Å². The SMILES string of the molecule is O=C(C=Cc1ccc(-c2cccc(Cl)c2Cl)o1)N1CCN(c2c(Cl)cccc2[N+](=O)[O-])CC1. The number of nitro benzene ring substituents is 1. The van der Waals surface area contributed by atoms with Gasteiger partial charge in [-0.3, -0.25) is 14.9 Å². The molecule has 0 unspecified atom stereocenters. The first-order chi connectivity index (χ1) is 15.8. The van der Waals surface area contributed by atoms with Crippen LogP contribution in [0.2, 0.25) is 15.1 Å². The Kier molecular flexibility index (Phi) is 6.93. The molecular formula is C23H18Cl3N3O4. The van der Waals surface area contributed by atoms with Crippen LogP contribution in [0.4, 0.5) is 11.4 Å². The lowest BCUT2D eigenvalue weighted by molar-refractivity contribution is -0.384. The van der Waals surface area contributed by atoms with Crippen LogP contribution in [0.25, 0.3) is 17.4 Å². The molecule has 0 radical (unpaired) electrons. The summed E-state index contributed by atoms with van der Waals surface area (Å²) in [6, 6.07) is 13.4. The van der Waals surface area contributed by atoms with Crippen LogP contribution in [0.1, 0.15) is 5.76 Å². The zero-order chi connectivity index (χ0) is 23.5. The Balaban J connectivity index is 1.40. The van der Waals surface area contributed by atoms with Gasteiger partial charge in [-0.15, -0.1) is 0 Å². The summed E-state index contributed by atoms with van der Waals surface area (Å²) < 4.78 is 5.78. The van der Waals surface area contributed by atoms with Crippen LogP contribution >= 0.6 is 34.8 Å². The molecule has 170 valence electrons. The van der Waals surface area contributed by atoms with Gasteiger partial charge < -0.3 is 14.2 Å². The smallest absolute Gasteiger partial charge is 0.294 e. The minimum atomic E-state index is -0.449. The van der Waals surface area contributed by atoms with Crippen LogP contribution in [0.5, 0.6) is 0 Å². The summed E-state index contributed by atoms with van der Waals surface area (Å²) in [4.78, 5) is 27.1. The molecule has 10 heteroatoms. The van der Waals surface area contributed by atoms with Crippen molar-refractivity contribution in [3.05, 3.63) is 85.5 Å². The van der Waals surface area contributed by atoms with Gasteiger partial charge in [0.2, 0.25) is 5.91 Å². The number of para-hydroxylation sites is 1. The van der Waals surface area contributed by atoms with Gasteiger partial charge in [0.25, 0.3) is 5.69 Å². The predicted molar refractivity (Wildman–Crippen MR) is 130 cm³/mol. The Morgan fingerprint density at radius 2 is 1.67 bits per heavy atom. The van der Waals surface area contributed by atoms with E-state index in [1.54, 1.807) is 53.4 Å². The fraction of sp³-hybridized carbons (Fsp3) is 0.174. The van der Waals surface area contributed by atoms with Crippen molar-refractivity contribution in [1.82, 2.24) is 4.90 Å². The van der Waals surface area contributed by atoms with Crippen LogP contribution in [-0.2, 0) is 4.79 Å². The highest BCUT2D eigenvalue weighted by atomic mass is 35.5. The zero-order valence-electron chi connectivity index (χ0n) is 17.2. The number of benzene rings is 2. The fourth-order valence-corrected chi connectivity index (χ4v) is 4.34. The van der Waals surface area contributed by atoms with Crippen LogP contribution in [0.3, 0.4) is 0 Å². The number of carbonyl (C=O) groups excluding carboxylic acids is 1. The van der Waals surface area contributed by atoms with Crippen molar-refractivity contribution >= 4 is 58.2 Å². The van der Waals surface area contributed by atoms with E-state index in [-0.39, 0.29) is 11.6 Å². The summed E-state index contributed by atoms with van der Waals surface area (Å²) in [5, 5.41) is 12.5. The largest absolute Gasteiger partial charge is 0.457 e. The lowest BCUT2D eigenvalue weighted by Crippen LogP contribution is -2.48. The van der Waals surface area contributed by atoms with Gasteiger partial charge in [0.05, 0.1) is 20.0 Å². The first-order valence-electron chi connectivity index (χ1n) is 10.0. The van der Waals surface area contributed by atoms with E-state index in [1.807, 2.05) is 4.90 Å². The molecule has 0 bridgehead atoms. The second-order valence-corrected chi connectivity index (χ2v) is 8.51. The van der Waals surface area contributed by atoms with Crippen LogP contribution in [-0.4, -0.2) is 41.9 Å². The Labute approximate surface area is 204 Å². The van der Waals surface area contributed by atoms with Gasteiger partial charge in [-0.05, 0) is 36.4 Å². The molecule has 33 heavy (non-hydrogen) atoms. The second kappa shape index (κ2) is 9.87. The number of nitrogens with zero attached hydrogens (tertiary/aromatic N) is 3. The average Bonchev–Trinajstić information content (AvgIpc) is 3.28. The number of carbonyl (C=O) groups is 1. The van der Waals surface area contributed by atoms with Crippen molar-refractivity contribution in [2.75, 3.05) is 31.1 Å². The average molecular weight is 507 g/mol. The van der Waals surface area contributed by atoms with E-state index < -0.39 is 4.92 Å². The summed E-state index contributed by atoms with van der Waals surface area (Å²) in [6.07, 6.45) is 3.03. The summed E-state index contributed by atoms with van der Waals surface area (Å²) in [7, 11) is 0. The molecule has 0 saturated carbocycles. The van der Waals surface area contributed by atoms with Crippen LogP contribution in [0.15, 0.2) is 59.0 Å². The lowest BCUT2D eigenvalue weighted by Gasteiger charge is -2.35. The predicted octanol–water partition coefficient (Wildman–Crippen LogP) is 6.18. The van der Waals surface area contributed by atoms with Crippen molar-refractivity contribution in [3.63, 3.8) is 0 Å². The number of amides is 1. The maximum absolute atomic E-state index is 12.6. The third-order valence-corrected chi connectivity index (χ3v) is 6.43. The van der Waals surface area contributed by atoms with Crippen LogP contribution < -0.4 is 4.90 Å². The van der Waals surface area contributed by atoms with Crippen molar-refractivity contribution in [3.8, 4) is 11.3 Å². The van der Waals surface area contributed by atoms with Gasteiger partial charge in [-0.2, -0.15) is 0 Å². The highest BCUT2D eigenvalue weighted by Crippen LogP contribution is 2.36. The number of rotatable bonds is 5. The number of halogens is 3. The Morgan fingerprint density at radius 3 is 2.39 bits per heavy atom. The highest BCUT2D eigenvalue weighted by Gasteiger charge is 2.27. The molecule has 4 rings (SSSR count). The monoisotopic (exact) mass is 505 g/mol. The molecular weight excluding hydrogens is 489 g/mol. The number of anilines is 1. The summed E-state index contributed by atoms with van der Waals surface area (Å²) >= 11 is 18.5. The first kappa shape index (κ1) is 23.2. The molecule has 3 aromatic rings. The van der Waals surface area contributed by atoms with E-state index in [0.717, 1.165) is 0 Å².